The molecule has 1 heterocycles. The van der Waals surface area contributed by atoms with Gasteiger partial charge in [0.05, 0.1) is 0 Å². The Bertz CT molecular complexity index is 310. The molecule has 0 aliphatic heterocycles. The Morgan fingerprint density at radius 3 is 2.60 bits per heavy atom. The fourth-order valence-corrected chi connectivity index (χ4v) is 3.02. The van der Waals surface area contributed by atoms with E-state index < -0.39 is 0 Å². The molecule has 2 nitrogen and oxygen atoms in total. The summed E-state index contributed by atoms with van der Waals surface area (Å²) in [6, 6.07) is 4.38. The smallest absolute Gasteiger partial charge is 0.0440 e. The van der Waals surface area contributed by atoms with Crippen LogP contribution in [0.5, 0.6) is 0 Å². The van der Waals surface area contributed by atoms with Gasteiger partial charge in [0, 0.05) is 27.8 Å². The van der Waals surface area contributed by atoms with E-state index in [1.165, 1.54) is 9.75 Å². The molecule has 0 bridgehead atoms. The maximum atomic E-state index is 9.16. The Morgan fingerprint density at radius 2 is 2.20 bits per heavy atom. The van der Waals surface area contributed by atoms with Gasteiger partial charge in [0.1, 0.15) is 0 Å². The Morgan fingerprint density at radius 1 is 1.53 bits per heavy atom. The molecule has 0 spiro atoms. The van der Waals surface area contributed by atoms with E-state index in [-0.39, 0.29) is 18.1 Å². The highest BCUT2D eigenvalue weighted by Gasteiger charge is 2.33. The molecule has 0 aromatic carbocycles. The summed E-state index contributed by atoms with van der Waals surface area (Å²) in [5.41, 5.74) is 6.09. The number of aliphatic hydroxyl groups excluding tert-OH is 1. The SMILES string of the molecule is CCC(N)C(C)(CCO)c1ccc(C)s1. The highest BCUT2D eigenvalue weighted by Crippen LogP contribution is 2.36. The summed E-state index contributed by atoms with van der Waals surface area (Å²) in [5, 5.41) is 9.16. The summed E-state index contributed by atoms with van der Waals surface area (Å²) in [5.74, 6) is 0. The van der Waals surface area contributed by atoms with Crippen molar-refractivity contribution in [1.82, 2.24) is 0 Å². The maximum Gasteiger partial charge on any atom is 0.0440 e. The van der Waals surface area contributed by atoms with Crippen LogP contribution in [0.15, 0.2) is 12.1 Å². The molecular weight excluding hydrogens is 206 g/mol. The average molecular weight is 227 g/mol. The Hall–Kier alpha value is -0.380. The number of hydrogen-bond acceptors (Lipinski definition) is 3. The lowest BCUT2D eigenvalue weighted by Gasteiger charge is -2.33. The van der Waals surface area contributed by atoms with Crippen molar-refractivity contribution in [3.05, 3.63) is 21.9 Å². The zero-order chi connectivity index (χ0) is 11.5. The lowest BCUT2D eigenvalue weighted by molar-refractivity contribution is 0.225. The molecule has 2 atom stereocenters. The third-order valence-corrected chi connectivity index (χ3v) is 4.47. The first-order valence-corrected chi connectivity index (χ1v) is 6.29. The first kappa shape index (κ1) is 12.7. The first-order chi connectivity index (χ1) is 7.04. The van der Waals surface area contributed by atoms with Gasteiger partial charge in [-0.2, -0.15) is 0 Å². The highest BCUT2D eigenvalue weighted by atomic mass is 32.1. The van der Waals surface area contributed by atoms with Gasteiger partial charge < -0.3 is 10.8 Å². The third kappa shape index (κ3) is 2.60. The number of hydrogen-bond donors (Lipinski definition) is 2. The molecule has 86 valence electrons. The highest BCUT2D eigenvalue weighted by molar-refractivity contribution is 7.12. The van der Waals surface area contributed by atoms with Gasteiger partial charge >= 0.3 is 0 Å². The molecule has 0 radical (unpaired) electrons. The van der Waals surface area contributed by atoms with Gasteiger partial charge in [-0.25, -0.2) is 0 Å². The van der Waals surface area contributed by atoms with Crippen molar-refractivity contribution < 1.29 is 5.11 Å². The molecule has 0 saturated carbocycles. The minimum Gasteiger partial charge on any atom is -0.396 e. The third-order valence-electron chi connectivity index (χ3n) is 3.19. The summed E-state index contributed by atoms with van der Waals surface area (Å²) in [6.45, 7) is 6.55. The number of rotatable bonds is 5. The average Bonchev–Trinajstić information content (AvgIpc) is 2.64. The van der Waals surface area contributed by atoms with Crippen LogP contribution in [-0.4, -0.2) is 17.8 Å². The van der Waals surface area contributed by atoms with E-state index in [1.807, 2.05) is 0 Å². The van der Waals surface area contributed by atoms with Gasteiger partial charge in [-0.3, -0.25) is 0 Å². The van der Waals surface area contributed by atoms with E-state index in [0.29, 0.717) is 0 Å². The Labute approximate surface area is 96.1 Å². The van der Waals surface area contributed by atoms with E-state index in [2.05, 4.69) is 32.9 Å². The summed E-state index contributed by atoms with van der Waals surface area (Å²) in [6.07, 6.45) is 1.68. The molecule has 0 amide bonds. The van der Waals surface area contributed by atoms with Crippen LogP contribution in [0.2, 0.25) is 0 Å². The fourth-order valence-electron chi connectivity index (χ4n) is 1.92. The van der Waals surface area contributed by atoms with Crippen LogP contribution >= 0.6 is 11.3 Å². The van der Waals surface area contributed by atoms with Crippen LogP contribution in [0.1, 0.15) is 36.4 Å². The lowest BCUT2D eigenvalue weighted by Crippen LogP contribution is -2.42. The predicted octanol–water partition coefficient (Wildman–Crippen LogP) is 2.43. The second-order valence-corrected chi connectivity index (χ2v) is 5.60. The molecule has 15 heavy (non-hydrogen) atoms. The Kier molecular flexibility index (Phi) is 4.32. The van der Waals surface area contributed by atoms with Crippen LogP contribution in [0, 0.1) is 6.92 Å². The monoisotopic (exact) mass is 227 g/mol. The molecule has 1 aromatic heterocycles. The lowest BCUT2D eigenvalue weighted by atomic mass is 9.77. The number of thiophene rings is 1. The number of aliphatic hydroxyl groups is 1. The van der Waals surface area contributed by atoms with Gasteiger partial charge in [-0.15, -0.1) is 11.3 Å². The van der Waals surface area contributed by atoms with E-state index >= 15 is 0 Å². The van der Waals surface area contributed by atoms with Gasteiger partial charge in [0.2, 0.25) is 0 Å². The van der Waals surface area contributed by atoms with Gasteiger partial charge in [0.15, 0.2) is 0 Å². The van der Waals surface area contributed by atoms with Crippen molar-refractivity contribution in [3.8, 4) is 0 Å². The fraction of sp³-hybridized carbons (Fsp3) is 0.667. The minimum absolute atomic E-state index is 0.0809. The van der Waals surface area contributed by atoms with E-state index in [1.54, 1.807) is 11.3 Å². The van der Waals surface area contributed by atoms with E-state index in [0.717, 1.165) is 12.8 Å². The van der Waals surface area contributed by atoms with Gasteiger partial charge in [-0.1, -0.05) is 13.8 Å². The zero-order valence-electron chi connectivity index (χ0n) is 9.79. The van der Waals surface area contributed by atoms with Crippen molar-refractivity contribution in [3.63, 3.8) is 0 Å². The second kappa shape index (κ2) is 5.10. The van der Waals surface area contributed by atoms with Crippen LogP contribution in [0.3, 0.4) is 0 Å². The molecule has 3 N–H and O–H groups in total. The van der Waals surface area contributed by atoms with Crippen LogP contribution < -0.4 is 5.73 Å². The molecule has 2 unspecified atom stereocenters. The van der Waals surface area contributed by atoms with E-state index in [9.17, 15) is 0 Å². The Balaban J connectivity index is 3.00. The molecule has 0 saturated heterocycles. The zero-order valence-corrected chi connectivity index (χ0v) is 10.6. The van der Waals surface area contributed by atoms with E-state index in [4.69, 9.17) is 10.8 Å². The standard InChI is InChI=1S/C12H21NOS/c1-4-10(13)12(3,7-8-14)11-6-5-9(2)15-11/h5-6,10,14H,4,7-8,13H2,1-3H3. The van der Waals surface area contributed by atoms with Crippen molar-refractivity contribution in [2.75, 3.05) is 6.61 Å². The van der Waals surface area contributed by atoms with Crippen LogP contribution in [-0.2, 0) is 5.41 Å². The van der Waals surface area contributed by atoms with Crippen LogP contribution in [0.25, 0.3) is 0 Å². The van der Waals surface area contributed by atoms with Crippen molar-refractivity contribution in [1.29, 1.82) is 0 Å². The van der Waals surface area contributed by atoms with Gasteiger partial charge in [-0.05, 0) is 31.9 Å². The maximum absolute atomic E-state index is 9.16. The van der Waals surface area contributed by atoms with Crippen LogP contribution in [0.4, 0.5) is 0 Å². The topological polar surface area (TPSA) is 46.2 Å². The number of nitrogens with two attached hydrogens (primary N) is 1. The molecule has 0 aliphatic rings. The normalized spacial score (nSPS) is 17.4. The minimum atomic E-state index is -0.0809. The summed E-state index contributed by atoms with van der Waals surface area (Å²) in [7, 11) is 0. The first-order valence-electron chi connectivity index (χ1n) is 5.48. The predicted molar refractivity (Wildman–Crippen MR) is 66.4 cm³/mol. The summed E-state index contributed by atoms with van der Waals surface area (Å²) >= 11 is 1.79. The molecule has 0 fully saturated rings. The largest absolute Gasteiger partial charge is 0.396 e. The summed E-state index contributed by atoms with van der Waals surface area (Å²) in [4.78, 5) is 2.60. The number of aryl methyl sites for hydroxylation is 1. The second-order valence-electron chi connectivity index (χ2n) is 4.32. The molecular formula is C12H21NOS. The quantitative estimate of drug-likeness (QED) is 0.811. The van der Waals surface area contributed by atoms with Crippen molar-refractivity contribution in [2.45, 2.75) is 45.1 Å². The molecule has 3 heteroatoms. The molecule has 1 rings (SSSR count). The van der Waals surface area contributed by atoms with Crippen molar-refractivity contribution in [2.24, 2.45) is 5.73 Å². The van der Waals surface area contributed by atoms with Crippen molar-refractivity contribution >= 4 is 11.3 Å². The molecule has 1 aromatic rings. The van der Waals surface area contributed by atoms with Gasteiger partial charge in [0.25, 0.3) is 0 Å². The summed E-state index contributed by atoms with van der Waals surface area (Å²) < 4.78 is 0. The molecule has 0 aliphatic carbocycles.